The van der Waals surface area contributed by atoms with Gasteiger partial charge in [-0.25, -0.2) is 0 Å². The van der Waals surface area contributed by atoms with Crippen LogP contribution in [0.1, 0.15) is 33.6 Å². The molecular formula is C27H44ClN7O3S. The fraction of sp³-hybridized carbons (Fsp3) is 0.889. The van der Waals surface area contributed by atoms with E-state index in [0.29, 0.717) is 38.8 Å². The molecule has 39 heavy (non-hydrogen) atoms. The second-order valence-corrected chi connectivity index (χ2v) is 14.2. The number of hydrogen-bond donors (Lipinski definition) is 5. The Morgan fingerprint density at radius 3 is 2.56 bits per heavy atom. The van der Waals surface area contributed by atoms with Crippen LogP contribution in [0.3, 0.4) is 0 Å². The first-order chi connectivity index (χ1) is 18.7. The number of thioether (sulfide) groups is 1. The van der Waals surface area contributed by atoms with Crippen LogP contribution in [0.2, 0.25) is 0 Å². The maximum atomic E-state index is 13.6. The van der Waals surface area contributed by atoms with E-state index in [0.717, 1.165) is 12.8 Å². The Morgan fingerprint density at radius 1 is 1.05 bits per heavy atom. The summed E-state index contributed by atoms with van der Waals surface area (Å²) in [6, 6.07) is 2.61. The normalized spacial score (nSPS) is 46.4. The maximum Gasteiger partial charge on any atom is 0.240 e. The van der Waals surface area contributed by atoms with Crippen molar-refractivity contribution >= 4 is 35.2 Å². The molecule has 13 unspecified atom stereocenters. The molecule has 5 rings (SSSR count). The van der Waals surface area contributed by atoms with E-state index < -0.39 is 0 Å². The lowest BCUT2D eigenvalue weighted by molar-refractivity contribution is -0.135. The maximum absolute atomic E-state index is 13.6. The average Bonchev–Trinajstić information content (AvgIpc) is 3.48. The van der Waals surface area contributed by atoms with Gasteiger partial charge in [0, 0.05) is 57.2 Å². The number of nitrogens with one attached hydrogen (secondary N) is 5. The number of carbonyl (C=O) groups excluding carboxylic acids is 2. The van der Waals surface area contributed by atoms with E-state index in [4.69, 9.17) is 16.3 Å². The van der Waals surface area contributed by atoms with E-state index in [9.17, 15) is 14.9 Å². The minimum atomic E-state index is -0.249. The molecule has 218 valence electrons. The summed E-state index contributed by atoms with van der Waals surface area (Å²) in [5.41, 5.74) is -0.268. The zero-order chi connectivity index (χ0) is 27.8. The molecule has 0 aromatic heterocycles. The summed E-state index contributed by atoms with van der Waals surface area (Å²) in [5, 5.41) is 26.6. The summed E-state index contributed by atoms with van der Waals surface area (Å²) in [4.78, 5) is 28.9. The standard InChI is InChI=1S/C27H44ClN7O3S/c1-13-5-17(18-6-23(28)31-10-21(18)38-4)19(9-30-13)25(36)34-27-33-20-11-35(12-22(20)39-27)26(37)24-15(3)14(2)16(7-29)8-32-24/h13-24,27,30-33H,5-6,8-12H2,1-4H3,(H,34,36). The first-order valence-electron chi connectivity index (χ1n) is 14.5. The highest BCUT2D eigenvalue weighted by Gasteiger charge is 2.48. The molecule has 5 fully saturated rings. The van der Waals surface area contributed by atoms with Gasteiger partial charge in [0.25, 0.3) is 0 Å². The minimum Gasteiger partial charge on any atom is -0.380 e. The number of carbonyl (C=O) groups is 2. The van der Waals surface area contributed by atoms with Crippen molar-refractivity contribution < 1.29 is 14.3 Å². The second kappa shape index (κ2) is 12.4. The summed E-state index contributed by atoms with van der Waals surface area (Å²) in [5.74, 6) is 0.696. The van der Waals surface area contributed by atoms with Gasteiger partial charge in [0.1, 0.15) is 5.50 Å². The van der Waals surface area contributed by atoms with Crippen LogP contribution < -0.4 is 26.6 Å². The highest BCUT2D eigenvalue weighted by molar-refractivity contribution is 8.00. The molecule has 0 aromatic carbocycles. The molecule has 13 atom stereocenters. The molecule has 0 spiro atoms. The number of nitriles is 1. The van der Waals surface area contributed by atoms with Crippen molar-refractivity contribution in [3.05, 3.63) is 0 Å². The summed E-state index contributed by atoms with van der Waals surface area (Å²) in [6.45, 7) is 9.53. The van der Waals surface area contributed by atoms with Crippen LogP contribution in [0.15, 0.2) is 0 Å². The predicted octanol–water partition coefficient (Wildman–Crippen LogP) is 0.489. The lowest BCUT2D eigenvalue weighted by atomic mass is 9.70. The van der Waals surface area contributed by atoms with Gasteiger partial charge in [-0.3, -0.25) is 20.2 Å². The van der Waals surface area contributed by atoms with Crippen LogP contribution in [0.4, 0.5) is 0 Å². The van der Waals surface area contributed by atoms with Gasteiger partial charge in [-0.05, 0) is 43.4 Å². The summed E-state index contributed by atoms with van der Waals surface area (Å²) in [6.07, 6.45) is 1.75. The van der Waals surface area contributed by atoms with E-state index in [-0.39, 0.29) is 81.8 Å². The van der Waals surface area contributed by atoms with Crippen LogP contribution in [0.5, 0.6) is 0 Å². The Hall–Kier alpha value is -1.13. The third-order valence-corrected chi connectivity index (χ3v) is 11.7. The van der Waals surface area contributed by atoms with Gasteiger partial charge in [0.05, 0.1) is 35.6 Å². The molecule has 5 aliphatic rings. The van der Waals surface area contributed by atoms with Crippen molar-refractivity contribution in [2.24, 2.45) is 35.5 Å². The van der Waals surface area contributed by atoms with E-state index in [1.807, 2.05) is 4.90 Å². The molecule has 0 aromatic rings. The number of ether oxygens (including phenoxy) is 1. The Labute approximate surface area is 241 Å². The van der Waals surface area contributed by atoms with Crippen LogP contribution in [0, 0.1) is 46.8 Å². The van der Waals surface area contributed by atoms with Crippen LogP contribution in [-0.2, 0) is 14.3 Å². The number of hydrogen-bond acceptors (Lipinski definition) is 9. The first-order valence-corrected chi connectivity index (χ1v) is 15.8. The van der Waals surface area contributed by atoms with Gasteiger partial charge in [0.15, 0.2) is 0 Å². The summed E-state index contributed by atoms with van der Waals surface area (Å²) < 4.78 is 5.81. The molecule has 5 saturated heterocycles. The van der Waals surface area contributed by atoms with Crippen molar-refractivity contribution in [3.8, 4) is 6.07 Å². The molecule has 0 bridgehead atoms. The number of amides is 2. The largest absolute Gasteiger partial charge is 0.380 e. The highest BCUT2D eigenvalue weighted by atomic mass is 35.5. The van der Waals surface area contributed by atoms with E-state index in [2.05, 4.69) is 53.4 Å². The number of methoxy groups -OCH3 is 1. The highest BCUT2D eigenvalue weighted by Crippen LogP contribution is 2.39. The van der Waals surface area contributed by atoms with Crippen molar-refractivity contribution in [2.75, 3.05) is 39.8 Å². The molecule has 5 heterocycles. The van der Waals surface area contributed by atoms with Gasteiger partial charge in [-0.1, -0.05) is 13.8 Å². The van der Waals surface area contributed by atoms with E-state index in [1.165, 1.54) is 0 Å². The molecular weight excluding hydrogens is 538 g/mol. The second-order valence-electron chi connectivity index (χ2n) is 12.3. The molecule has 0 aliphatic carbocycles. The summed E-state index contributed by atoms with van der Waals surface area (Å²) >= 11 is 8.19. The fourth-order valence-electron chi connectivity index (χ4n) is 7.41. The quantitative estimate of drug-likeness (QED) is 0.232. The number of likely N-dealkylation sites (tertiary alicyclic amines) is 1. The predicted molar refractivity (Wildman–Crippen MR) is 152 cm³/mol. The van der Waals surface area contributed by atoms with Crippen molar-refractivity contribution in [1.29, 1.82) is 5.26 Å². The van der Waals surface area contributed by atoms with Crippen LogP contribution in [0.25, 0.3) is 0 Å². The fourth-order valence-corrected chi connectivity index (χ4v) is 9.12. The molecule has 5 N–H and O–H groups in total. The smallest absolute Gasteiger partial charge is 0.240 e. The van der Waals surface area contributed by atoms with E-state index >= 15 is 0 Å². The van der Waals surface area contributed by atoms with Gasteiger partial charge in [0.2, 0.25) is 11.8 Å². The number of halogens is 1. The number of piperidine rings is 3. The summed E-state index contributed by atoms with van der Waals surface area (Å²) in [7, 11) is 1.74. The lowest BCUT2D eigenvalue weighted by Crippen LogP contribution is -2.58. The number of rotatable bonds is 5. The third-order valence-electron chi connectivity index (χ3n) is 10.0. The molecule has 0 saturated carbocycles. The van der Waals surface area contributed by atoms with Crippen molar-refractivity contribution in [1.82, 2.24) is 31.5 Å². The van der Waals surface area contributed by atoms with Crippen molar-refractivity contribution in [2.45, 2.75) is 74.1 Å². The van der Waals surface area contributed by atoms with Crippen molar-refractivity contribution in [3.63, 3.8) is 0 Å². The number of fused-ring (bicyclic) bond motifs is 1. The lowest BCUT2D eigenvalue weighted by Gasteiger charge is -2.45. The van der Waals surface area contributed by atoms with Crippen LogP contribution in [-0.4, -0.2) is 97.0 Å². The Balaban J connectivity index is 1.16. The van der Waals surface area contributed by atoms with Crippen LogP contribution >= 0.6 is 23.4 Å². The third kappa shape index (κ3) is 6.08. The molecule has 10 nitrogen and oxygen atoms in total. The average molecular weight is 582 g/mol. The SMILES string of the molecule is COC1CNC(Cl)CC1C1CC(C)NCC1C(=O)NC1NC2CN(C(=O)C3NCC(C#N)C(C)C3C)CC2S1. The van der Waals surface area contributed by atoms with Gasteiger partial charge < -0.3 is 25.6 Å². The minimum absolute atomic E-state index is 0.0441. The Bertz CT molecular complexity index is 941. The number of alkyl halides is 1. The van der Waals surface area contributed by atoms with Gasteiger partial charge in [-0.15, -0.1) is 23.4 Å². The monoisotopic (exact) mass is 581 g/mol. The zero-order valence-corrected chi connectivity index (χ0v) is 24.9. The molecule has 5 aliphatic heterocycles. The van der Waals surface area contributed by atoms with Gasteiger partial charge in [-0.2, -0.15) is 5.26 Å². The Morgan fingerprint density at radius 2 is 1.85 bits per heavy atom. The molecule has 0 radical (unpaired) electrons. The van der Waals surface area contributed by atoms with E-state index in [1.54, 1.807) is 18.9 Å². The first kappa shape index (κ1) is 29.4. The Kier molecular flexibility index (Phi) is 9.33. The molecule has 12 heteroatoms. The zero-order valence-electron chi connectivity index (χ0n) is 23.4. The number of nitrogens with zero attached hydrogens (tertiary/aromatic N) is 2. The topological polar surface area (TPSA) is 131 Å². The van der Waals surface area contributed by atoms with Gasteiger partial charge >= 0.3 is 0 Å². The molecule has 2 amide bonds.